The van der Waals surface area contributed by atoms with Crippen molar-refractivity contribution in [1.82, 2.24) is 5.32 Å². The van der Waals surface area contributed by atoms with Crippen LogP contribution in [0.2, 0.25) is 5.02 Å². The lowest BCUT2D eigenvalue weighted by Crippen LogP contribution is -2.50. The predicted molar refractivity (Wildman–Crippen MR) is 143 cm³/mol. The molecule has 3 rings (SSSR count). The van der Waals surface area contributed by atoms with Gasteiger partial charge in [0.15, 0.2) is 5.78 Å². The first kappa shape index (κ1) is 28.0. The van der Waals surface area contributed by atoms with Gasteiger partial charge in [0.1, 0.15) is 18.2 Å². The van der Waals surface area contributed by atoms with Gasteiger partial charge in [0.2, 0.25) is 0 Å². The number of alkyl carbamates (subject to hydrolysis) is 1. The largest absolute Gasteiger partial charge is 0.444 e. The molecule has 0 bridgehead atoms. The summed E-state index contributed by atoms with van der Waals surface area (Å²) in [6.07, 6.45) is -0.658. The lowest BCUT2D eigenvalue weighted by atomic mass is 10.1. The molecule has 1 aliphatic heterocycles. The van der Waals surface area contributed by atoms with Crippen molar-refractivity contribution in [2.45, 2.75) is 70.2 Å². The molecule has 1 N–H and O–H groups in total. The molecular formula is C27H33ClN2O5S. The lowest BCUT2D eigenvalue weighted by molar-refractivity contribution is -0.120. The third kappa shape index (κ3) is 7.98. The highest BCUT2D eigenvalue weighted by Crippen LogP contribution is 2.36. The average Bonchev–Trinajstić information content (AvgIpc) is 2.89. The van der Waals surface area contributed by atoms with Crippen LogP contribution in [0, 0.1) is 0 Å². The number of carbonyl (C=O) groups excluding carboxylic acids is 3. The lowest BCUT2D eigenvalue weighted by Gasteiger charge is -2.27. The van der Waals surface area contributed by atoms with E-state index in [1.54, 1.807) is 49.9 Å². The van der Waals surface area contributed by atoms with Gasteiger partial charge < -0.3 is 19.7 Å². The normalized spacial score (nSPS) is 16.2. The van der Waals surface area contributed by atoms with Crippen molar-refractivity contribution >= 4 is 46.8 Å². The van der Waals surface area contributed by atoms with Crippen LogP contribution in [-0.4, -0.2) is 47.4 Å². The molecule has 9 heteroatoms. The zero-order valence-electron chi connectivity index (χ0n) is 21.5. The zero-order valence-corrected chi connectivity index (χ0v) is 23.1. The molecule has 2 aromatic rings. The van der Waals surface area contributed by atoms with Crippen molar-refractivity contribution in [3.63, 3.8) is 0 Å². The second kappa shape index (κ2) is 11.2. The summed E-state index contributed by atoms with van der Waals surface area (Å²) in [5, 5.41) is 3.31. The second-order valence-electron chi connectivity index (χ2n) is 10.6. The van der Waals surface area contributed by atoms with Crippen LogP contribution in [0.5, 0.6) is 0 Å². The smallest absolute Gasteiger partial charge is 0.408 e. The Balaban J connectivity index is 1.94. The summed E-state index contributed by atoms with van der Waals surface area (Å²) in [7, 11) is 0. The number of nitrogens with zero attached hydrogens (tertiary/aromatic N) is 1. The van der Waals surface area contributed by atoms with Crippen molar-refractivity contribution < 1.29 is 23.9 Å². The van der Waals surface area contributed by atoms with Gasteiger partial charge >= 0.3 is 6.09 Å². The highest BCUT2D eigenvalue weighted by molar-refractivity contribution is 7.99. The summed E-state index contributed by atoms with van der Waals surface area (Å²) < 4.78 is 11.0. The molecule has 1 atom stereocenters. The van der Waals surface area contributed by atoms with Gasteiger partial charge in [0.05, 0.1) is 17.8 Å². The molecular weight excluding hydrogens is 500 g/mol. The van der Waals surface area contributed by atoms with E-state index in [9.17, 15) is 14.4 Å². The van der Waals surface area contributed by atoms with Crippen LogP contribution in [-0.2, 0) is 20.8 Å². The number of Topliss-reactive ketones (excluding diaryl/α,β-unsaturated/α-hetero) is 1. The van der Waals surface area contributed by atoms with E-state index in [-0.39, 0.29) is 24.8 Å². The Morgan fingerprint density at radius 3 is 2.33 bits per heavy atom. The number of benzene rings is 2. The summed E-state index contributed by atoms with van der Waals surface area (Å²) in [6, 6.07) is 11.7. The van der Waals surface area contributed by atoms with E-state index in [1.807, 2.05) is 39.0 Å². The molecule has 0 radical (unpaired) electrons. The third-order valence-electron chi connectivity index (χ3n) is 5.12. The molecule has 0 spiro atoms. The van der Waals surface area contributed by atoms with E-state index in [0.717, 1.165) is 10.5 Å². The number of thioether (sulfide) groups is 1. The number of hydrogen-bond donors (Lipinski definition) is 1. The van der Waals surface area contributed by atoms with Crippen molar-refractivity contribution in [2.24, 2.45) is 0 Å². The van der Waals surface area contributed by atoms with Crippen LogP contribution < -0.4 is 10.2 Å². The first-order valence-electron chi connectivity index (χ1n) is 11.7. The van der Waals surface area contributed by atoms with Crippen molar-refractivity contribution in [3.05, 3.63) is 58.6 Å². The van der Waals surface area contributed by atoms with Gasteiger partial charge in [-0.25, -0.2) is 4.79 Å². The van der Waals surface area contributed by atoms with E-state index in [0.29, 0.717) is 22.0 Å². The SMILES string of the molecule is CC(C)(C)OCC(=O)c1ccc2c(c1)N(Cc1ccc(Cl)cc1)C(=O)[C@@H](NC(=O)OC(C)(C)C)CS2. The van der Waals surface area contributed by atoms with Gasteiger partial charge in [0, 0.05) is 21.2 Å². The summed E-state index contributed by atoms with van der Waals surface area (Å²) in [4.78, 5) is 41.5. The maximum Gasteiger partial charge on any atom is 0.408 e. The fourth-order valence-electron chi connectivity index (χ4n) is 3.43. The molecule has 1 aliphatic rings. The minimum Gasteiger partial charge on any atom is -0.444 e. The van der Waals surface area contributed by atoms with Crippen LogP contribution in [0.1, 0.15) is 57.5 Å². The van der Waals surface area contributed by atoms with E-state index >= 15 is 0 Å². The van der Waals surface area contributed by atoms with Crippen LogP contribution in [0.15, 0.2) is 47.4 Å². The Morgan fingerprint density at radius 1 is 1.06 bits per heavy atom. The molecule has 0 saturated carbocycles. The quantitative estimate of drug-likeness (QED) is 0.468. The number of nitrogens with one attached hydrogen (secondary N) is 1. The summed E-state index contributed by atoms with van der Waals surface area (Å²) in [6.45, 7) is 11.1. The zero-order chi connectivity index (χ0) is 26.7. The first-order valence-corrected chi connectivity index (χ1v) is 13.1. The molecule has 194 valence electrons. The average molecular weight is 533 g/mol. The molecule has 0 aliphatic carbocycles. The number of ketones is 1. The molecule has 7 nitrogen and oxygen atoms in total. The number of rotatable bonds is 6. The van der Waals surface area contributed by atoms with E-state index in [2.05, 4.69) is 5.32 Å². The maximum absolute atomic E-state index is 13.7. The number of amides is 2. The molecule has 0 saturated heterocycles. The highest BCUT2D eigenvalue weighted by atomic mass is 35.5. The number of halogens is 1. The number of fused-ring (bicyclic) bond motifs is 1. The molecule has 0 fully saturated rings. The molecule has 0 aromatic heterocycles. The van der Waals surface area contributed by atoms with E-state index in [1.165, 1.54) is 11.8 Å². The van der Waals surface area contributed by atoms with Crippen LogP contribution in [0.3, 0.4) is 0 Å². The van der Waals surface area contributed by atoms with Crippen LogP contribution in [0.25, 0.3) is 0 Å². The maximum atomic E-state index is 13.7. The Hall–Kier alpha value is -2.55. The minimum atomic E-state index is -0.812. The van der Waals surface area contributed by atoms with E-state index < -0.39 is 23.3 Å². The Bertz CT molecular complexity index is 1120. The van der Waals surface area contributed by atoms with Gasteiger partial charge in [-0.2, -0.15) is 0 Å². The first-order chi connectivity index (χ1) is 16.7. The topological polar surface area (TPSA) is 84.9 Å². The third-order valence-corrected chi connectivity index (χ3v) is 6.53. The van der Waals surface area contributed by atoms with Gasteiger partial charge in [0.25, 0.3) is 5.91 Å². The number of carbonyl (C=O) groups is 3. The Labute approximate surface area is 221 Å². The number of hydrogen-bond acceptors (Lipinski definition) is 6. The number of anilines is 1. The van der Waals surface area contributed by atoms with Gasteiger partial charge in [-0.3, -0.25) is 9.59 Å². The van der Waals surface area contributed by atoms with Crippen LogP contribution in [0.4, 0.5) is 10.5 Å². The van der Waals surface area contributed by atoms with E-state index in [4.69, 9.17) is 21.1 Å². The molecule has 36 heavy (non-hydrogen) atoms. The van der Waals surface area contributed by atoms with Crippen molar-refractivity contribution in [3.8, 4) is 0 Å². The second-order valence-corrected chi connectivity index (χ2v) is 12.1. The predicted octanol–water partition coefficient (Wildman–Crippen LogP) is 5.87. The summed E-state index contributed by atoms with van der Waals surface area (Å²) in [5.74, 6) is -0.148. The van der Waals surface area contributed by atoms with Crippen molar-refractivity contribution in [1.29, 1.82) is 0 Å². The van der Waals surface area contributed by atoms with Crippen LogP contribution >= 0.6 is 23.4 Å². The van der Waals surface area contributed by atoms with Gasteiger partial charge in [-0.1, -0.05) is 29.8 Å². The molecule has 1 heterocycles. The van der Waals surface area contributed by atoms with Gasteiger partial charge in [-0.05, 0) is 71.4 Å². The summed E-state index contributed by atoms with van der Waals surface area (Å²) >= 11 is 7.49. The molecule has 2 aromatic carbocycles. The summed E-state index contributed by atoms with van der Waals surface area (Å²) in [5.41, 5.74) is 0.769. The number of ether oxygens (including phenoxy) is 2. The molecule has 0 unspecified atom stereocenters. The Morgan fingerprint density at radius 2 is 1.72 bits per heavy atom. The minimum absolute atomic E-state index is 0.0661. The molecule has 2 amide bonds. The Kier molecular flexibility index (Phi) is 8.75. The fraction of sp³-hybridized carbons (Fsp3) is 0.444. The van der Waals surface area contributed by atoms with Gasteiger partial charge in [-0.15, -0.1) is 11.8 Å². The highest BCUT2D eigenvalue weighted by Gasteiger charge is 2.33. The standard InChI is InChI=1S/C27H33ClN2O5S/c1-26(2,3)34-15-22(31)18-9-12-23-21(13-18)30(14-17-7-10-19(28)11-8-17)24(32)20(16-36-23)29-25(33)35-27(4,5)6/h7-13,20H,14-16H2,1-6H3,(H,29,33)/t20-/m0/s1. The fourth-order valence-corrected chi connectivity index (χ4v) is 4.61. The monoisotopic (exact) mass is 532 g/mol. The van der Waals surface area contributed by atoms with Crippen molar-refractivity contribution in [2.75, 3.05) is 17.3 Å².